The predicted octanol–water partition coefficient (Wildman–Crippen LogP) is 2.20. The fourth-order valence-electron chi connectivity index (χ4n) is 1.54. The first kappa shape index (κ1) is 8.14. The number of nitrogens with one attached hydrogen (secondary N) is 1. The molecule has 2 rings (SSSR count). The molecule has 0 unspecified atom stereocenters. The van der Waals surface area contributed by atoms with E-state index in [4.69, 9.17) is 0 Å². The van der Waals surface area contributed by atoms with Gasteiger partial charge in [0, 0.05) is 12.3 Å². The Morgan fingerprint density at radius 2 is 2.08 bits per heavy atom. The largest absolute Gasteiger partial charge is 0.298 e. The molecule has 0 radical (unpaired) electrons. The van der Waals surface area contributed by atoms with Crippen LogP contribution in [0.25, 0.3) is 0 Å². The molecule has 2 heteroatoms. The van der Waals surface area contributed by atoms with Gasteiger partial charge in [-0.15, -0.1) is 11.8 Å². The van der Waals surface area contributed by atoms with Crippen LogP contribution in [0.15, 0.2) is 30.3 Å². The average Bonchev–Trinajstić information content (AvgIpc) is 2.55. The highest BCUT2D eigenvalue weighted by Gasteiger charge is 2.30. The summed E-state index contributed by atoms with van der Waals surface area (Å²) in [6.45, 7) is 3.37. The Balaban J connectivity index is 2.29. The molecule has 1 heterocycles. The topological polar surface area (TPSA) is 12.0 Å². The molecule has 1 aliphatic heterocycles. The predicted molar refractivity (Wildman–Crippen MR) is 54.3 cm³/mol. The van der Waals surface area contributed by atoms with Crippen LogP contribution in [-0.4, -0.2) is 12.3 Å². The highest BCUT2D eigenvalue weighted by molar-refractivity contribution is 8.00. The summed E-state index contributed by atoms with van der Waals surface area (Å²) in [7, 11) is 0. The van der Waals surface area contributed by atoms with E-state index in [9.17, 15) is 0 Å². The Morgan fingerprint density at radius 1 is 1.33 bits per heavy atom. The lowest BCUT2D eigenvalue weighted by Gasteiger charge is -2.23. The van der Waals surface area contributed by atoms with Crippen molar-refractivity contribution in [2.24, 2.45) is 0 Å². The van der Waals surface area contributed by atoms with Crippen molar-refractivity contribution in [3.05, 3.63) is 35.9 Å². The van der Waals surface area contributed by atoms with Crippen LogP contribution in [0, 0.1) is 0 Å². The van der Waals surface area contributed by atoms with Crippen molar-refractivity contribution in [2.75, 3.05) is 12.3 Å². The molecule has 1 atom stereocenters. The minimum atomic E-state index is 0.154. The van der Waals surface area contributed by atoms with Crippen molar-refractivity contribution >= 4 is 11.8 Å². The lowest BCUT2D eigenvalue weighted by atomic mass is 10.1. The van der Waals surface area contributed by atoms with Crippen LogP contribution in [0.5, 0.6) is 0 Å². The number of rotatable bonds is 1. The van der Waals surface area contributed by atoms with Crippen molar-refractivity contribution in [1.29, 1.82) is 0 Å². The molecule has 0 spiro atoms. The molecular formula is C10H13NS. The Bertz CT molecular complexity index is 252. The van der Waals surface area contributed by atoms with Crippen molar-refractivity contribution < 1.29 is 0 Å². The second kappa shape index (κ2) is 3.11. The lowest BCUT2D eigenvalue weighted by Crippen LogP contribution is -2.30. The van der Waals surface area contributed by atoms with Crippen LogP contribution >= 0.6 is 11.8 Å². The Hall–Kier alpha value is -0.470. The number of thioether (sulfide) groups is 1. The molecule has 64 valence electrons. The maximum Gasteiger partial charge on any atom is 0.0873 e. The van der Waals surface area contributed by atoms with Crippen molar-refractivity contribution in [3.63, 3.8) is 0 Å². The van der Waals surface area contributed by atoms with Crippen molar-refractivity contribution in [1.82, 2.24) is 5.32 Å². The zero-order valence-corrected chi connectivity index (χ0v) is 8.03. The molecule has 0 aliphatic carbocycles. The first-order chi connectivity index (χ1) is 5.81. The molecule has 12 heavy (non-hydrogen) atoms. The summed E-state index contributed by atoms with van der Waals surface area (Å²) < 4.78 is 0. The molecule has 1 saturated heterocycles. The molecule has 1 aromatic rings. The van der Waals surface area contributed by atoms with Gasteiger partial charge in [0.2, 0.25) is 0 Å². The second-order valence-electron chi connectivity index (χ2n) is 3.17. The van der Waals surface area contributed by atoms with Crippen LogP contribution in [0.3, 0.4) is 0 Å². The molecule has 1 aliphatic rings. The molecular weight excluding hydrogens is 166 g/mol. The molecule has 1 fully saturated rings. The van der Waals surface area contributed by atoms with Gasteiger partial charge < -0.3 is 0 Å². The normalized spacial score (nSPS) is 29.1. The van der Waals surface area contributed by atoms with Gasteiger partial charge in [-0.2, -0.15) is 0 Å². The maximum absolute atomic E-state index is 3.51. The molecule has 1 N–H and O–H groups in total. The van der Waals surface area contributed by atoms with E-state index in [0.717, 1.165) is 6.54 Å². The van der Waals surface area contributed by atoms with Gasteiger partial charge in [-0.3, -0.25) is 5.32 Å². The van der Waals surface area contributed by atoms with Crippen molar-refractivity contribution in [2.45, 2.75) is 11.8 Å². The molecule has 0 bridgehead atoms. The van der Waals surface area contributed by atoms with Crippen LogP contribution in [0.2, 0.25) is 0 Å². The van der Waals surface area contributed by atoms with Crippen LogP contribution < -0.4 is 5.32 Å². The Kier molecular flexibility index (Phi) is 2.11. The average molecular weight is 179 g/mol. The van der Waals surface area contributed by atoms with Crippen LogP contribution in [0.1, 0.15) is 12.5 Å². The van der Waals surface area contributed by atoms with Gasteiger partial charge in [-0.05, 0) is 12.5 Å². The summed E-state index contributed by atoms with van der Waals surface area (Å²) in [6, 6.07) is 10.6. The first-order valence-corrected chi connectivity index (χ1v) is 5.24. The monoisotopic (exact) mass is 179 g/mol. The van der Waals surface area contributed by atoms with Crippen LogP contribution in [-0.2, 0) is 4.87 Å². The van der Waals surface area contributed by atoms with Gasteiger partial charge in [-0.1, -0.05) is 30.3 Å². The second-order valence-corrected chi connectivity index (χ2v) is 4.69. The van der Waals surface area contributed by atoms with Crippen molar-refractivity contribution in [3.8, 4) is 0 Å². The number of hydrogen-bond acceptors (Lipinski definition) is 2. The van der Waals surface area contributed by atoms with E-state index >= 15 is 0 Å². The molecule has 1 aromatic carbocycles. The van der Waals surface area contributed by atoms with E-state index in [1.54, 1.807) is 0 Å². The Labute approximate surface area is 77.6 Å². The van der Waals surface area contributed by atoms with Gasteiger partial charge >= 0.3 is 0 Å². The van der Waals surface area contributed by atoms with Gasteiger partial charge in [0.15, 0.2) is 0 Å². The standard InChI is InChI=1S/C10H13NS/c1-10(11-7-8-12-10)9-5-3-2-4-6-9/h2-6,11H,7-8H2,1H3/t10-/m1/s1. The van der Waals surface area contributed by atoms with E-state index in [1.807, 2.05) is 11.8 Å². The van der Waals surface area contributed by atoms with Crippen LogP contribution in [0.4, 0.5) is 0 Å². The molecule has 1 nitrogen and oxygen atoms in total. The fraction of sp³-hybridized carbons (Fsp3) is 0.400. The minimum absolute atomic E-state index is 0.154. The lowest BCUT2D eigenvalue weighted by molar-refractivity contribution is 0.575. The number of benzene rings is 1. The molecule has 0 aromatic heterocycles. The third-order valence-corrected chi connectivity index (χ3v) is 3.65. The van der Waals surface area contributed by atoms with Gasteiger partial charge in [0.1, 0.15) is 0 Å². The third kappa shape index (κ3) is 1.37. The summed E-state index contributed by atoms with van der Waals surface area (Å²) in [5, 5.41) is 3.51. The fourth-order valence-corrected chi connectivity index (χ4v) is 2.66. The highest BCUT2D eigenvalue weighted by Crippen LogP contribution is 2.36. The summed E-state index contributed by atoms with van der Waals surface area (Å²) in [6.07, 6.45) is 0. The zero-order chi connectivity index (χ0) is 8.44. The SMILES string of the molecule is C[C@@]1(c2ccccc2)NCCS1. The summed E-state index contributed by atoms with van der Waals surface area (Å²) >= 11 is 1.99. The molecule has 0 amide bonds. The van der Waals surface area contributed by atoms with Gasteiger partial charge in [0.25, 0.3) is 0 Å². The van der Waals surface area contributed by atoms with E-state index in [-0.39, 0.29) is 4.87 Å². The quantitative estimate of drug-likeness (QED) is 0.709. The van der Waals surface area contributed by atoms with E-state index < -0.39 is 0 Å². The van der Waals surface area contributed by atoms with E-state index in [1.165, 1.54) is 11.3 Å². The zero-order valence-electron chi connectivity index (χ0n) is 7.21. The minimum Gasteiger partial charge on any atom is -0.298 e. The molecule has 0 saturated carbocycles. The number of hydrogen-bond donors (Lipinski definition) is 1. The van der Waals surface area contributed by atoms with E-state index in [2.05, 4.69) is 42.6 Å². The summed E-state index contributed by atoms with van der Waals surface area (Å²) in [4.78, 5) is 0.154. The highest BCUT2D eigenvalue weighted by atomic mass is 32.2. The summed E-state index contributed by atoms with van der Waals surface area (Å²) in [5.41, 5.74) is 1.38. The summed E-state index contributed by atoms with van der Waals surface area (Å²) in [5.74, 6) is 1.21. The van der Waals surface area contributed by atoms with Gasteiger partial charge in [-0.25, -0.2) is 0 Å². The third-order valence-electron chi connectivity index (χ3n) is 2.28. The Morgan fingerprint density at radius 3 is 2.67 bits per heavy atom. The maximum atomic E-state index is 3.51. The smallest absolute Gasteiger partial charge is 0.0873 e. The van der Waals surface area contributed by atoms with Gasteiger partial charge in [0.05, 0.1) is 4.87 Å². The first-order valence-electron chi connectivity index (χ1n) is 4.26. The van der Waals surface area contributed by atoms with E-state index in [0.29, 0.717) is 0 Å².